The van der Waals surface area contributed by atoms with Gasteiger partial charge in [0.2, 0.25) is 5.95 Å². The summed E-state index contributed by atoms with van der Waals surface area (Å²) in [4.78, 5) is 6.63. The Morgan fingerprint density at radius 1 is 1.00 bits per heavy atom. The van der Waals surface area contributed by atoms with Crippen molar-refractivity contribution in [2.75, 3.05) is 23.7 Å². The Kier molecular flexibility index (Phi) is 3.61. The van der Waals surface area contributed by atoms with Gasteiger partial charge in [-0.05, 0) is 42.9 Å². The third-order valence-electron chi connectivity index (χ3n) is 4.66. The van der Waals surface area contributed by atoms with Crippen molar-refractivity contribution in [1.29, 1.82) is 0 Å². The van der Waals surface area contributed by atoms with Crippen molar-refractivity contribution in [3.05, 3.63) is 54.1 Å². The first kappa shape index (κ1) is 14.1. The van der Waals surface area contributed by atoms with Gasteiger partial charge in [0, 0.05) is 13.1 Å². The van der Waals surface area contributed by atoms with Gasteiger partial charge in [-0.15, -0.1) is 5.10 Å². The molecular formula is C18H21N5. The van der Waals surface area contributed by atoms with Crippen LogP contribution in [0.25, 0.3) is 5.65 Å². The van der Waals surface area contributed by atoms with Crippen LogP contribution >= 0.6 is 0 Å². The number of fused-ring (bicyclic) bond motifs is 1. The van der Waals surface area contributed by atoms with Gasteiger partial charge in [-0.25, -0.2) is 0 Å². The quantitative estimate of drug-likeness (QED) is 0.808. The topological polar surface area (TPSA) is 59.5 Å². The molecule has 1 aromatic carbocycles. The summed E-state index contributed by atoms with van der Waals surface area (Å²) in [6, 6.07) is 16.8. The Morgan fingerprint density at radius 3 is 2.57 bits per heavy atom. The summed E-state index contributed by atoms with van der Waals surface area (Å²) in [6.07, 6.45) is 3.58. The molecule has 4 rings (SSSR count). The second-order valence-electron chi connectivity index (χ2n) is 6.24. The number of nitrogen functional groups attached to an aromatic ring is 1. The third-order valence-corrected chi connectivity index (χ3v) is 4.66. The molecule has 5 heteroatoms. The van der Waals surface area contributed by atoms with Gasteiger partial charge < -0.3 is 10.6 Å². The molecule has 1 aliphatic rings. The van der Waals surface area contributed by atoms with Crippen LogP contribution in [-0.2, 0) is 6.42 Å². The van der Waals surface area contributed by atoms with E-state index in [1.807, 2.05) is 16.6 Å². The summed E-state index contributed by atoms with van der Waals surface area (Å²) in [6.45, 7) is 2.10. The average molecular weight is 307 g/mol. The van der Waals surface area contributed by atoms with Crippen molar-refractivity contribution in [2.45, 2.75) is 19.3 Å². The third kappa shape index (κ3) is 2.86. The van der Waals surface area contributed by atoms with Gasteiger partial charge in [-0.2, -0.15) is 9.50 Å². The molecule has 1 saturated heterocycles. The van der Waals surface area contributed by atoms with Crippen molar-refractivity contribution in [3.63, 3.8) is 0 Å². The van der Waals surface area contributed by atoms with Crippen molar-refractivity contribution < 1.29 is 0 Å². The summed E-state index contributed by atoms with van der Waals surface area (Å²) in [7, 11) is 0. The Labute approximate surface area is 135 Å². The summed E-state index contributed by atoms with van der Waals surface area (Å²) >= 11 is 0. The second kappa shape index (κ2) is 5.91. The summed E-state index contributed by atoms with van der Waals surface area (Å²) < 4.78 is 1.85. The highest BCUT2D eigenvalue weighted by molar-refractivity contribution is 5.52. The second-order valence-corrected chi connectivity index (χ2v) is 6.24. The minimum Gasteiger partial charge on any atom is -0.366 e. The predicted octanol–water partition coefficient (Wildman–Crippen LogP) is 2.77. The van der Waals surface area contributed by atoms with Gasteiger partial charge in [0.25, 0.3) is 0 Å². The zero-order valence-electron chi connectivity index (χ0n) is 13.1. The van der Waals surface area contributed by atoms with E-state index in [9.17, 15) is 0 Å². The average Bonchev–Trinajstić information content (AvgIpc) is 2.97. The number of rotatable bonds is 3. The van der Waals surface area contributed by atoms with Crippen LogP contribution in [0.15, 0.2) is 48.5 Å². The first-order valence-corrected chi connectivity index (χ1v) is 8.20. The Morgan fingerprint density at radius 2 is 1.78 bits per heavy atom. The minimum absolute atomic E-state index is 0.330. The largest absolute Gasteiger partial charge is 0.366 e. The molecule has 0 radical (unpaired) electrons. The summed E-state index contributed by atoms with van der Waals surface area (Å²) in [5.74, 6) is 2.18. The number of hydrogen-bond acceptors (Lipinski definition) is 4. The van der Waals surface area contributed by atoms with Gasteiger partial charge in [-0.3, -0.25) is 0 Å². The monoisotopic (exact) mass is 307 g/mol. The van der Waals surface area contributed by atoms with Crippen LogP contribution in [-0.4, -0.2) is 27.7 Å². The van der Waals surface area contributed by atoms with E-state index >= 15 is 0 Å². The predicted molar refractivity (Wildman–Crippen MR) is 92.5 cm³/mol. The van der Waals surface area contributed by atoms with Gasteiger partial charge in [0.05, 0.1) is 0 Å². The number of piperidine rings is 1. The first-order valence-electron chi connectivity index (χ1n) is 8.20. The molecule has 0 atom stereocenters. The lowest BCUT2D eigenvalue weighted by Crippen LogP contribution is -2.35. The van der Waals surface area contributed by atoms with Crippen LogP contribution in [0.2, 0.25) is 0 Å². The maximum absolute atomic E-state index is 5.74. The zero-order valence-corrected chi connectivity index (χ0v) is 13.1. The highest BCUT2D eigenvalue weighted by Crippen LogP contribution is 2.26. The Hall–Kier alpha value is -2.56. The number of hydrogen-bond donors (Lipinski definition) is 1. The molecule has 2 aromatic heterocycles. The maximum Gasteiger partial charge on any atom is 0.240 e. The highest BCUT2D eigenvalue weighted by Gasteiger charge is 2.21. The van der Waals surface area contributed by atoms with E-state index in [-0.39, 0.29) is 0 Å². The smallest absolute Gasteiger partial charge is 0.240 e. The fourth-order valence-corrected chi connectivity index (χ4v) is 3.46. The van der Waals surface area contributed by atoms with E-state index in [1.165, 1.54) is 24.8 Å². The van der Waals surface area contributed by atoms with E-state index in [4.69, 9.17) is 5.73 Å². The Balaban J connectivity index is 1.46. The maximum atomic E-state index is 5.74. The van der Waals surface area contributed by atoms with E-state index in [0.29, 0.717) is 5.95 Å². The number of aromatic nitrogens is 3. The number of anilines is 2. The molecule has 3 aromatic rings. The summed E-state index contributed by atoms with van der Waals surface area (Å²) in [5.41, 5.74) is 7.99. The van der Waals surface area contributed by atoms with Crippen LogP contribution in [0.4, 0.5) is 11.8 Å². The lowest BCUT2D eigenvalue weighted by Gasteiger charge is -2.33. The fraction of sp³-hybridized carbons (Fsp3) is 0.333. The highest BCUT2D eigenvalue weighted by atomic mass is 15.4. The molecule has 0 spiro atoms. The Bertz CT molecular complexity index is 788. The van der Waals surface area contributed by atoms with Crippen molar-refractivity contribution in [3.8, 4) is 0 Å². The lowest BCUT2D eigenvalue weighted by molar-refractivity contribution is 0.401. The van der Waals surface area contributed by atoms with E-state index in [0.717, 1.165) is 30.5 Å². The van der Waals surface area contributed by atoms with E-state index in [2.05, 4.69) is 51.4 Å². The van der Waals surface area contributed by atoms with Crippen molar-refractivity contribution >= 4 is 17.4 Å². The number of nitrogens with zero attached hydrogens (tertiary/aromatic N) is 4. The number of benzene rings is 1. The molecule has 23 heavy (non-hydrogen) atoms. The number of nitrogens with two attached hydrogens (primary N) is 1. The van der Waals surface area contributed by atoms with Crippen LogP contribution < -0.4 is 10.6 Å². The van der Waals surface area contributed by atoms with Gasteiger partial charge in [-0.1, -0.05) is 36.4 Å². The molecule has 1 fully saturated rings. The first-order chi connectivity index (χ1) is 11.3. The summed E-state index contributed by atoms with van der Waals surface area (Å²) in [5, 5.41) is 4.32. The van der Waals surface area contributed by atoms with Crippen LogP contribution in [0.3, 0.4) is 0 Å². The molecule has 2 N–H and O–H groups in total. The molecule has 1 aliphatic heterocycles. The normalized spacial score (nSPS) is 16.1. The van der Waals surface area contributed by atoms with Crippen LogP contribution in [0.5, 0.6) is 0 Å². The molecule has 0 saturated carbocycles. The molecule has 0 bridgehead atoms. The van der Waals surface area contributed by atoms with Crippen molar-refractivity contribution in [1.82, 2.24) is 14.6 Å². The van der Waals surface area contributed by atoms with E-state index < -0.39 is 0 Å². The van der Waals surface area contributed by atoms with Crippen LogP contribution in [0, 0.1) is 5.92 Å². The lowest BCUT2D eigenvalue weighted by atomic mass is 9.90. The van der Waals surface area contributed by atoms with Gasteiger partial charge >= 0.3 is 0 Å². The van der Waals surface area contributed by atoms with Gasteiger partial charge in [0.15, 0.2) is 5.65 Å². The van der Waals surface area contributed by atoms with E-state index in [1.54, 1.807) is 0 Å². The van der Waals surface area contributed by atoms with Gasteiger partial charge in [0.1, 0.15) is 5.82 Å². The molecule has 5 nitrogen and oxygen atoms in total. The molecular weight excluding hydrogens is 286 g/mol. The van der Waals surface area contributed by atoms with Crippen molar-refractivity contribution in [2.24, 2.45) is 5.92 Å². The van der Waals surface area contributed by atoms with Crippen LogP contribution in [0.1, 0.15) is 18.4 Å². The standard InChI is InChI=1S/C18H21N5/c19-18-20-16-7-4-8-17(23(16)21-18)22-11-9-15(10-12-22)13-14-5-2-1-3-6-14/h1-8,15H,9-13H2,(H2,19,21). The molecule has 3 heterocycles. The number of pyridine rings is 1. The molecule has 0 unspecified atom stereocenters. The molecule has 0 amide bonds. The molecule has 0 aliphatic carbocycles. The fourth-order valence-electron chi connectivity index (χ4n) is 3.46. The SMILES string of the molecule is Nc1nc2cccc(N3CCC(Cc4ccccc4)CC3)n2n1. The minimum atomic E-state index is 0.330. The zero-order chi connectivity index (χ0) is 15.6. The molecule has 118 valence electrons.